The Morgan fingerprint density at radius 1 is 1.47 bits per heavy atom. The van der Waals surface area contributed by atoms with E-state index in [1.54, 1.807) is 0 Å². The quantitative estimate of drug-likeness (QED) is 0.926. The molecular formula is C10H10ClFN4O2S. The summed E-state index contributed by atoms with van der Waals surface area (Å²) in [5.41, 5.74) is 0. The smallest absolute Gasteiger partial charge is 0.244 e. The minimum atomic E-state index is -3.82. The molecule has 0 spiro atoms. The number of sulfonamides is 1. The number of nitrogens with zero attached hydrogens (tertiary/aromatic N) is 3. The van der Waals surface area contributed by atoms with Crippen molar-refractivity contribution < 1.29 is 12.8 Å². The summed E-state index contributed by atoms with van der Waals surface area (Å²) in [4.78, 5) is 3.68. The number of halogens is 2. The molecule has 0 radical (unpaired) electrons. The Labute approximate surface area is 114 Å². The summed E-state index contributed by atoms with van der Waals surface area (Å²) < 4.78 is 38.5. The zero-order chi connectivity index (χ0) is 14.0. The summed E-state index contributed by atoms with van der Waals surface area (Å²) in [5, 5.41) is 6.02. The van der Waals surface area contributed by atoms with Crippen molar-refractivity contribution in [1.29, 1.82) is 0 Å². The second-order valence-electron chi connectivity index (χ2n) is 3.77. The summed E-state index contributed by atoms with van der Waals surface area (Å²) >= 11 is 5.76. The molecule has 1 aromatic carbocycles. The Morgan fingerprint density at radius 3 is 2.79 bits per heavy atom. The molecule has 0 saturated heterocycles. The van der Waals surface area contributed by atoms with Crippen LogP contribution in [0, 0.1) is 5.82 Å². The Hall–Kier alpha value is -1.51. The van der Waals surface area contributed by atoms with Crippen LogP contribution in [0.1, 0.15) is 5.82 Å². The van der Waals surface area contributed by atoms with Gasteiger partial charge in [-0.05, 0) is 18.2 Å². The van der Waals surface area contributed by atoms with Gasteiger partial charge < -0.3 is 0 Å². The van der Waals surface area contributed by atoms with Gasteiger partial charge >= 0.3 is 0 Å². The van der Waals surface area contributed by atoms with E-state index >= 15 is 0 Å². The Kier molecular flexibility index (Phi) is 3.83. The highest BCUT2D eigenvalue weighted by atomic mass is 35.5. The van der Waals surface area contributed by atoms with E-state index in [2.05, 4.69) is 15.2 Å². The lowest BCUT2D eigenvalue weighted by Gasteiger charge is -2.16. The summed E-state index contributed by atoms with van der Waals surface area (Å²) in [6.07, 6.45) is 1.28. The van der Waals surface area contributed by atoms with Crippen molar-refractivity contribution in [2.45, 2.75) is 11.4 Å². The lowest BCUT2D eigenvalue weighted by atomic mass is 10.3. The van der Waals surface area contributed by atoms with Gasteiger partial charge in [0, 0.05) is 7.05 Å². The van der Waals surface area contributed by atoms with Gasteiger partial charge in [0.1, 0.15) is 22.9 Å². The third kappa shape index (κ3) is 2.91. The highest BCUT2D eigenvalue weighted by molar-refractivity contribution is 7.89. The molecule has 0 fully saturated rings. The number of benzene rings is 1. The van der Waals surface area contributed by atoms with Gasteiger partial charge in [-0.15, -0.1) is 0 Å². The topological polar surface area (TPSA) is 79.0 Å². The second-order valence-corrected chi connectivity index (χ2v) is 6.19. The Balaban J connectivity index is 2.31. The molecule has 1 N–H and O–H groups in total. The number of nitrogens with one attached hydrogen (secondary N) is 1. The predicted molar refractivity (Wildman–Crippen MR) is 66.4 cm³/mol. The van der Waals surface area contributed by atoms with Crippen molar-refractivity contribution >= 4 is 21.6 Å². The maximum Gasteiger partial charge on any atom is 0.244 e. The average molecular weight is 305 g/mol. The van der Waals surface area contributed by atoms with Crippen LogP contribution in [0.2, 0.25) is 5.02 Å². The van der Waals surface area contributed by atoms with Crippen LogP contribution in [0.4, 0.5) is 4.39 Å². The van der Waals surface area contributed by atoms with Crippen LogP contribution in [-0.2, 0) is 16.6 Å². The minimum Gasteiger partial charge on any atom is -0.262 e. The van der Waals surface area contributed by atoms with E-state index < -0.39 is 15.8 Å². The van der Waals surface area contributed by atoms with E-state index in [1.807, 2.05) is 0 Å². The maximum absolute atomic E-state index is 12.9. The molecule has 0 atom stereocenters. The van der Waals surface area contributed by atoms with Crippen LogP contribution in [0.3, 0.4) is 0 Å². The van der Waals surface area contributed by atoms with E-state index in [0.717, 1.165) is 22.5 Å². The molecule has 6 nitrogen and oxygen atoms in total. The number of hydrogen-bond donors (Lipinski definition) is 1. The van der Waals surface area contributed by atoms with Gasteiger partial charge in [-0.1, -0.05) is 11.6 Å². The van der Waals surface area contributed by atoms with Crippen LogP contribution in [0.5, 0.6) is 0 Å². The molecule has 0 aliphatic heterocycles. The van der Waals surface area contributed by atoms with Crippen molar-refractivity contribution in [2.24, 2.45) is 0 Å². The SMILES string of the molecule is CN(Cc1ncn[nH]1)S(=O)(=O)c1ccc(F)cc1Cl. The number of hydrogen-bond acceptors (Lipinski definition) is 4. The van der Waals surface area contributed by atoms with E-state index in [-0.39, 0.29) is 16.5 Å². The molecule has 1 heterocycles. The third-order valence-electron chi connectivity index (χ3n) is 2.42. The van der Waals surface area contributed by atoms with Gasteiger partial charge in [-0.25, -0.2) is 17.8 Å². The molecule has 0 saturated carbocycles. The van der Waals surface area contributed by atoms with Gasteiger partial charge in [0.05, 0.1) is 11.6 Å². The highest BCUT2D eigenvalue weighted by Gasteiger charge is 2.24. The van der Waals surface area contributed by atoms with Gasteiger partial charge in [-0.3, -0.25) is 5.10 Å². The summed E-state index contributed by atoms with van der Waals surface area (Å²) in [6.45, 7) is 0.00996. The molecule has 0 aliphatic carbocycles. The number of H-pyrrole nitrogens is 1. The first-order valence-corrected chi connectivity index (χ1v) is 6.98. The first-order valence-electron chi connectivity index (χ1n) is 5.17. The minimum absolute atomic E-state index is 0.00996. The van der Waals surface area contributed by atoms with E-state index in [4.69, 9.17) is 11.6 Å². The summed E-state index contributed by atoms with van der Waals surface area (Å²) in [7, 11) is -2.44. The summed E-state index contributed by atoms with van der Waals surface area (Å²) in [5.74, 6) is -0.203. The second kappa shape index (κ2) is 5.24. The fourth-order valence-electron chi connectivity index (χ4n) is 1.46. The standard InChI is InChI=1S/C10H10ClFN4O2S/c1-16(5-10-13-6-14-15-10)19(17,18)9-3-2-7(12)4-8(9)11/h2-4,6H,5H2,1H3,(H,13,14,15). The van der Waals surface area contributed by atoms with Crippen molar-refractivity contribution in [3.63, 3.8) is 0 Å². The number of aromatic amines is 1. The molecule has 19 heavy (non-hydrogen) atoms. The third-order valence-corrected chi connectivity index (χ3v) is 4.71. The Morgan fingerprint density at radius 2 is 2.21 bits per heavy atom. The van der Waals surface area contributed by atoms with E-state index in [9.17, 15) is 12.8 Å². The molecule has 0 aliphatic rings. The maximum atomic E-state index is 12.9. The van der Waals surface area contributed by atoms with Gasteiger partial charge in [-0.2, -0.15) is 9.40 Å². The molecule has 0 bridgehead atoms. The first kappa shape index (κ1) is 13.9. The van der Waals surface area contributed by atoms with Crippen molar-refractivity contribution in [2.75, 3.05) is 7.05 Å². The molecule has 2 aromatic rings. The number of rotatable bonds is 4. The normalized spacial score (nSPS) is 12.0. The van der Waals surface area contributed by atoms with Gasteiger partial charge in [0.25, 0.3) is 0 Å². The molecular weight excluding hydrogens is 295 g/mol. The fraction of sp³-hybridized carbons (Fsp3) is 0.200. The lowest BCUT2D eigenvalue weighted by Crippen LogP contribution is -2.27. The lowest BCUT2D eigenvalue weighted by molar-refractivity contribution is 0.457. The molecule has 1 aromatic heterocycles. The molecule has 0 unspecified atom stereocenters. The van der Waals surface area contributed by atoms with Crippen molar-refractivity contribution in [1.82, 2.24) is 19.5 Å². The average Bonchev–Trinajstić information content (AvgIpc) is 2.81. The zero-order valence-corrected chi connectivity index (χ0v) is 11.4. The Bertz CT molecular complexity index is 675. The van der Waals surface area contributed by atoms with Crippen LogP contribution in [0.15, 0.2) is 29.4 Å². The zero-order valence-electron chi connectivity index (χ0n) is 9.84. The van der Waals surface area contributed by atoms with Gasteiger partial charge in [0.15, 0.2) is 0 Å². The number of aromatic nitrogens is 3. The fourth-order valence-corrected chi connectivity index (χ4v) is 3.09. The monoisotopic (exact) mass is 304 g/mol. The van der Waals surface area contributed by atoms with Gasteiger partial charge in [0.2, 0.25) is 10.0 Å². The van der Waals surface area contributed by atoms with Crippen LogP contribution in [-0.4, -0.2) is 35.0 Å². The first-order chi connectivity index (χ1) is 8.91. The largest absolute Gasteiger partial charge is 0.262 e. The molecule has 9 heteroatoms. The highest BCUT2D eigenvalue weighted by Crippen LogP contribution is 2.25. The summed E-state index contributed by atoms with van der Waals surface area (Å²) in [6, 6.07) is 3.13. The van der Waals surface area contributed by atoms with E-state index in [0.29, 0.717) is 5.82 Å². The molecule has 102 valence electrons. The van der Waals surface area contributed by atoms with Crippen LogP contribution in [0.25, 0.3) is 0 Å². The molecule has 0 amide bonds. The van der Waals surface area contributed by atoms with Crippen molar-refractivity contribution in [3.05, 3.63) is 41.2 Å². The van der Waals surface area contributed by atoms with Crippen LogP contribution >= 0.6 is 11.6 Å². The molecule has 2 rings (SSSR count). The van der Waals surface area contributed by atoms with E-state index in [1.165, 1.54) is 13.4 Å². The van der Waals surface area contributed by atoms with Crippen molar-refractivity contribution in [3.8, 4) is 0 Å². The predicted octanol–water partition coefficient (Wildman–Crippen LogP) is 1.42. The van der Waals surface area contributed by atoms with Crippen LogP contribution < -0.4 is 0 Å².